The number of unbranched alkanes of at least 4 members (excludes halogenated alkanes) is 1. The Balaban J connectivity index is 4.60. The lowest BCUT2D eigenvalue weighted by atomic mass is 10.1. The van der Waals surface area contributed by atoms with E-state index in [9.17, 15) is 9.59 Å². The van der Waals surface area contributed by atoms with E-state index >= 15 is 0 Å². The Bertz CT molecular complexity index is 372. The highest BCUT2D eigenvalue weighted by molar-refractivity contribution is 7.99. The molecule has 0 rings (SSSR count). The van der Waals surface area contributed by atoms with Crippen LogP contribution in [0.3, 0.4) is 0 Å². The van der Waals surface area contributed by atoms with Gasteiger partial charge in [0.1, 0.15) is 17.2 Å². The smallest absolute Gasteiger partial charge is 0.408 e. The predicted molar refractivity (Wildman–Crippen MR) is 95.9 cm³/mol. The van der Waals surface area contributed by atoms with E-state index in [2.05, 4.69) is 12.2 Å². The van der Waals surface area contributed by atoms with Crippen LogP contribution in [0.2, 0.25) is 0 Å². The molecule has 6 heteroatoms. The van der Waals surface area contributed by atoms with E-state index in [1.54, 1.807) is 32.5 Å². The molecule has 0 radical (unpaired) electrons. The van der Waals surface area contributed by atoms with Crippen LogP contribution in [0.15, 0.2) is 0 Å². The van der Waals surface area contributed by atoms with E-state index < -0.39 is 29.3 Å². The molecule has 23 heavy (non-hydrogen) atoms. The van der Waals surface area contributed by atoms with Crippen LogP contribution in [0, 0.1) is 0 Å². The van der Waals surface area contributed by atoms with Gasteiger partial charge in [0.05, 0.1) is 0 Å². The molecule has 0 fully saturated rings. The van der Waals surface area contributed by atoms with Gasteiger partial charge in [0.15, 0.2) is 0 Å². The maximum Gasteiger partial charge on any atom is 0.408 e. The van der Waals surface area contributed by atoms with Crippen LogP contribution in [0.1, 0.15) is 67.7 Å². The zero-order valence-electron chi connectivity index (χ0n) is 15.7. The van der Waals surface area contributed by atoms with Crippen molar-refractivity contribution in [2.24, 2.45) is 0 Å². The summed E-state index contributed by atoms with van der Waals surface area (Å²) in [7, 11) is 0. The Hall–Kier alpha value is -0.910. The molecule has 1 amide bonds. The van der Waals surface area contributed by atoms with Gasteiger partial charge in [0.2, 0.25) is 0 Å². The highest BCUT2D eigenvalue weighted by Gasteiger charge is 2.28. The number of ether oxygens (including phenoxy) is 2. The minimum Gasteiger partial charge on any atom is -0.458 e. The molecule has 0 aromatic rings. The molecule has 0 spiro atoms. The minimum atomic E-state index is -0.682. The van der Waals surface area contributed by atoms with Crippen molar-refractivity contribution in [3.63, 3.8) is 0 Å². The Morgan fingerprint density at radius 1 is 1.00 bits per heavy atom. The topological polar surface area (TPSA) is 64.6 Å². The Kier molecular flexibility index (Phi) is 9.66. The number of amides is 1. The number of carbonyl (C=O) groups excluding carboxylic acids is 2. The first-order valence-corrected chi connectivity index (χ1v) is 9.40. The summed E-state index contributed by atoms with van der Waals surface area (Å²) in [5, 5.41) is 2.64. The highest BCUT2D eigenvalue weighted by Crippen LogP contribution is 2.14. The van der Waals surface area contributed by atoms with E-state index in [1.807, 2.05) is 20.8 Å². The maximum atomic E-state index is 12.3. The Morgan fingerprint density at radius 3 is 2.04 bits per heavy atom. The average molecular weight is 348 g/mol. The number of esters is 1. The summed E-state index contributed by atoms with van der Waals surface area (Å²) >= 11 is 1.78. The third kappa shape index (κ3) is 13.2. The standard InChI is InChI=1S/C17H33NO4S/c1-8-9-11-23-12-10-13(14(19)21-16(2,3)4)18-15(20)22-17(5,6)7/h13H,8-12H2,1-7H3,(H,18,20). The lowest BCUT2D eigenvalue weighted by molar-refractivity contribution is -0.157. The first-order chi connectivity index (χ1) is 10.4. The van der Waals surface area contributed by atoms with Crippen LogP contribution >= 0.6 is 11.8 Å². The summed E-state index contributed by atoms with van der Waals surface area (Å²) in [6, 6.07) is -0.682. The summed E-state index contributed by atoms with van der Waals surface area (Å²) in [4.78, 5) is 24.2. The van der Waals surface area contributed by atoms with E-state index in [0.29, 0.717) is 6.42 Å². The van der Waals surface area contributed by atoms with Gasteiger partial charge in [-0.15, -0.1) is 0 Å². The molecule has 136 valence electrons. The Morgan fingerprint density at radius 2 is 1.57 bits per heavy atom. The first-order valence-electron chi connectivity index (χ1n) is 8.24. The van der Waals surface area contributed by atoms with Crippen molar-refractivity contribution in [3.8, 4) is 0 Å². The van der Waals surface area contributed by atoms with Crippen LogP contribution in [-0.4, -0.2) is 40.8 Å². The first kappa shape index (κ1) is 22.1. The fourth-order valence-corrected chi connectivity index (χ4v) is 2.72. The zero-order chi connectivity index (χ0) is 18.1. The molecule has 0 aliphatic carbocycles. The number of nitrogens with one attached hydrogen (secondary N) is 1. The summed E-state index contributed by atoms with van der Waals surface area (Å²) in [6.45, 7) is 12.9. The predicted octanol–water partition coefficient (Wildman–Crippen LogP) is 4.14. The van der Waals surface area contributed by atoms with Gasteiger partial charge in [-0.1, -0.05) is 13.3 Å². The molecule has 0 heterocycles. The van der Waals surface area contributed by atoms with Crippen molar-refractivity contribution in [3.05, 3.63) is 0 Å². The number of thioether (sulfide) groups is 1. The van der Waals surface area contributed by atoms with Crippen LogP contribution < -0.4 is 5.32 Å². The van der Waals surface area contributed by atoms with E-state index in [1.165, 1.54) is 0 Å². The molecular formula is C17H33NO4S. The van der Waals surface area contributed by atoms with Crippen LogP contribution in [0.4, 0.5) is 4.79 Å². The van der Waals surface area contributed by atoms with Gasteiger partial charge in [-0.25, -0.2) is 9.59 Å². The Labute approximate surface area is 145 Å². The molecule has 0 saturated carbocycles. The van der Waals surface area contributed by atoms with E-state index in [0.717, 1.165) is 24.3 Å². The number of carbonyl (C=O) groups is 2. The van der Waals surface area contributed by atoms with Crippen LogP contribution in [-0.2, 0) is 14.3 Å². The van der Waals surface area contributed by atoms with Crippen molar-refractivity contribution in [2.75, 3.05) is 11.5 Å². The molecule has 0 aromatic carbocycles. The molecule has 0 aliphatic heterocycles. The van der Waals surface area contributed by atoms with Crippen molar-refractivity contribution in [1.82, 2.24) is 5.32 Å². The van der Waals surface area contributed by atoms with Crippen molar-refractivity contribution >= 4 is 23.8 Å². The molecule has 0 aliphatic rings. The quantitative estimate of drug-likeness (QED) is 0.528. The summed E-state index contributed by atoms with van der Waals surface area (Å²) in [6.07, 6.45) is 2.24. The number of rotatable bonds is 8. The minimum absolute atomic E-state index is 0.417. The van der Waals surface area contributed by atoms with Gasteiger partial charge < -0.3 is 14.8 Å². The van der Waals surface area contributed by atoms with Crippen molar-refractivity contribution in [1.29, 1.82) is 0 Å². The van der Waals surface area contributed by atoms with Gasteiger partial charge in [-0.05, 0) is 65.9 Å². The zero-order valence-corrected chi connectivity index (χ0v) is 16.5. The average Bonchev–Trinajstić information content (AvgIpc) is 2.32. The van der Waals surface area contributed by atoms with E-state index in [4.69, 9.17) is 9.47 Å². The normalized spacial score (nSPS) is 13.3. The van der Waals surface area contributed by atoms with Crippen molar-refractivity contribution < 1.29 is 19.1 Å². The second kappa shape index (κ2) is 10.1. The largest absolute Gasteiger partial charge is 0.458 e. The molecule has 0 bridgehead atoms. The number of alkyl carbamates (subject to hydrolysis) is 1. The van der Waals surface area contributed by atoms with Gasteiger partial charge in [-0.2, -0.15) is 11.8 Å². The molecule has 1 unspecified atom stereocenters. The monoisotopic (exact) mass is 347 g/mol. The third-order valence-corrected chi connectivity index (χ3v) is 3.68. The van der Waals surface area contributed by atoms with Gasteiger partial charge in [-0.3, -0.25) is 0 Å². The van der Waals surface area contributed by atoms with E-state index in [-0.39, 0.29) is 0 Å². The molecular weight excluding hydrogens is 314 g/mol. The lowest BCUT2D eigenvalue weighted by Gasteiger charge is -2.26. The highest BCUT2D eigenvalue weighted by atomic mass is 32.2. The molecule has 1 atom stereocenters. The van der Waals surface area contributed by atoms with Crippen molar-refractivity contribution in [2.45, 2.75) is 85.0 Å². The number of hydrogen-bond acceptors (Lipinski definition) is 5. The fourth-order valence-electron chi connectivity index (χ4n) is 1.62. The summed E-state index contributed by atoms with van der Waals surface area (Å²) < 4.78 is 10.6. The fraction of sp³-hybridized carbons (Fsp3) is 0.882. The summed E-state index contributed by atoms with van der Waals surface area (Å²) in [5.41, 5.74) is -1.18. The van der Waals surface area contributed by atoms with Gasteiger partial charge >= 0.3 is 12.1 Å². The molecule has 1 N–H and O–H groups in total. The number of hydrogen-bond donors (Lipinski definition) is 1. The van der Waals surface area contributed by atoms with Crippen LogP contribution in [0.25, 0.3) is 0 Å². The molecule has 0 saturated heterocycles. The lowest BCUT2D eigenvalue weighted by Crippen LogP contribution is -2.46. The SMILES string of the molecule is CCCCSCCC(NC(=O)OC(C)(C)C)C(=O)OC(C)(C)C. The maximum absolute atomic E-state index is 12.3. The molecule has 0 aromatic heterocycles. The van der Waals surface area contributed by atoms with Gasteiger partial charge in [0, 0.05) is 0 Å². The second-order valence-corrected chi connectivity index (χ2v) is 8.71. The van der Waals surface area contributed by atoms with Crippen LogP contribution in [0.5, 0.6) is 0 Å². The molecule has 5 nitrogen and oxygen atoms in total. The second-order valence-electron chi connectivity index (χ2n) is 7.49. The third-order valence-electron chi connectivity index (χ3n) is 2.58. The summed E-state index contributed by atoms with van der Waals surface area (Å²) in [5.74, 6) is 1.43. The van der Waals surface area contributed by atoms with Gasteiger partial charge in [0.25, 0.3) is 0 Å².